The van der Waals surface area contributed by atoms with Gasteiger partial charge < -0.3 is 20.1 Å². The van der Waals surface area contributed by atoms with Crippen molar-refractivity contribution in [2.75, 3.05) is 13.2 Å². The molecule has 0 heterocycles. The third-order valence-electron chi connectivity index (χ3n) is 7.14. The van der Waals surface area contributed by atoms with E-state index < -0.39 is 68.5 Å². The number of alkyl carbamates (subject to hydrolysis) is 2. The molecular weight excluding hydrogens is 618 g/mol. The van der Waals surface area contributed by atoms with E-state index in [-0.39, 0.29) is 12.1 Å². The number of ether oxygens (including phenoxy) is 2. The van der Waals surface area contributed by atoms with Gasteiger partial charge in [0.2, 0.25) is 12.3 Å². The Kier molecular flexibility index (Phi) is 11.9. The van der Waals surface area contributed by atoms with Gasteiger partial charge in [-0.05, 0) is 69.6 Å². The smallest absolute Gasteiger partial charge is 0.407 e. The number of amides is 2. The standard InChI is InChI=1S/C21H32F6N2O10S2/c22-16(20(24,25)40(32,33)34)10-38-18(30)28-14-5-1-12(2-6-14)9-13-3-7-15(8-4-13)29-19(31)39-11-17(23)21(26,27)41(35,36)37/h12-17H,1-11H2,(H,28,30)(H,29,31)(H,32,33,34)(H,35,36,37). The van der Waals surface area contributed by atoms with E-state index in [9.17, 15) is 52.8 Å². The molecule has 2 amide bonds. The highest BCUT2D eigenvalue weighted by molar-refractivity contribution is 7.87. The predicted molar refractivity (Wildman–Crippen MR) is 128 cm³/mol. The van der Waals surface area contributed by atoms with E-state index >= 15 is 0 Å². The molecule has 2 aliphatic rings. The van der Waals surface area contributed by atoms with Gasteiger partial charge >= 0.3 is 42.9 Å². The Hall–Kier alpha value is -2.06. The molecule has 12 nitrogen and oxygen atoms in total. The van der Waals surface area contributed by atoms with Crippen molar-refractivity contribution in [1.82, 2.24) is 10.6 Å². The molecule has 0 aromatic carbocycles. The number of carbonyl (C=O) groups is 2. The summed E-state index contributed by atoms with van der Waals surface area (Å²) < 4.78 is 147. The summed E-state index contributed by atoms with van der Waals surface area (Å²) in [4.78, 5) is 23.5. The van der Waals surface area contributed by atoms with Crippen LogP contribution in [-0.4, -0.2) is 86.3 Å². The molecule has 20 heteroatoms. The Labute approximate surface area is 232 Å². The second kappa shape index (κ2) is 13.9. The molecule has 2 fully saturated rings. The minimum absolute atomic E-state index is 0.304. The maximum atomic E-state index is 13.4. The summed E-state index contributed by atoms with van der Waals surface area (Å²) in [7, 11) is -12.0. The zero-order valence-electron chi connectivity index (χ0n) is 21.5. The van der Waals surface area contributed by atoms with E-state index in [1.165, 1.54) is 0 Å². The molecule has 0 spiro atoms. The Morgan fingerprint density at radius 3 is 1.24 bits per heavy atom. The molecule has 2 aliphatic carbocycles. The molecule has 0 aromatic rings. The molecule has 0 bridgehead atoms. The third-order valence-corrected chi connectivity index (χ3v) is 9.03. The number of alkyl halides is 6. The van der Waals surface area contributed by atoms with Gasteiger partial charge in [0.1, 0.15) is 13.2 Å². The Morgan fingerprint density at radius 1 is 0.683 bits per heavy atom. The van der Waals surface area contributed by atoms with Gasteiger partial charge in [-0.2, -0.15) is 34.4 Å². The first kappa shape index (κ1) is 35.1. The topological polar surface area (TPSA) is 185 Å². The summed E-state index contributed by atoms with van der Waals surface area (Å²) in [5, 5.41) is -5.45. The van der Waals surface area contributed by atoms with Crippen LogP contribution in [0.2, 0.25) is 0 Å². The van der Waals surface area contributed by atoms with Crippen LogP contribution in [-0.2, 0) is 29.7 Å². The third kappa shape index (κ3) is 10.0. The first-order chi connectivity index (χ1) is 18.7. The molecule has 4 N–H and O–H groups in total. The maximum Gasteiger partial charge on any atom is 0.407 e. The molecule has 0 aromatic heterocycles. The largest absolute Gasteiger partial charge is 0.446 e. The van der Waals surface area contributed by atoms with Crippen LogP contribution in [0.15, 0.2) is 0 Å². The van der Waals surface area contributed by atoms with E-state index in [0.29, 0.717) is 63.2 Å². The maximum absolute atomic E-state index is 13.4. The molecule has 2 unspecified atom stereocenters. The molecule has 2 atom stereocenters. The van der Waals surface area contributed by atoms with E-state index in [4.69, 9.17) is 9.11 Å². The second-order valence-electron chi connectivity index (χ2n) is 10.2. The summed E-state index contributed by atoms with van der Waals surface area (Å²) >= 11 is 0. The van der Waals surface area contributed by atoms with E-state index in [2.05, 4.69) is 20.1 Å². The van der Waals surface area contributed by atoms with Crippen LogP contribution in [0.1, 0.15) is 57.8 Å². The summed E-state index contributed by atoms with van der Waals surface area (Å²) in [6.45, 7) is -3.16. The van der Waals surface area contributed by atoms with Gasteiger partial charge in [-0.25, -0.2) is 18.4 Å². The van der Waals surface area contributed by atoms with Crippen LogP contribution in [0.4, 0.5) is 35.9 Å². The van der Waals surface area contributed by atoms with E-state index in [1.54, 1.807) is 0 Å². The van der Waals surface area contributed by atoms with Gasteiger partial charge in [0.15, 0.2) is 0 Å². The van der Waals surface area contributed by atoms with Crippen molar-refractivity contribution >= 4 is 32.4 Å². The van der Waals surface area contributed by atoms with Crippen LogP contribution in [0, 0.1) is 11.8 Å². The number of hydrogen-bond acceptors (Lipinski definition) is 8. The predicted octanol–water partition coefficient (Wildman–Crippen LogP) is 3.58. The van der Waals surface area contributed by atoms with Crippen molar-refractivity contribution in [2.24, 2.45) is 11.8 Å². The van der Waals surface area contributed by atoms with Gasteiger partial charge in [0, 0.05) is 12.1 Å². The molecule has 0 radical (unpaired) electrons. The van der Waals surface area contributed by atoms with Gasteiger partial charge in [0.05, 0.1) is 0 Å². The Morgan fingerprint density at radius 2 is 0.976 bits per heavy atom. The van der Waals surface area contributed by atoms with Crippen LogP contribution in [0.5, 0.6) is 0 Å². The van der Waals surface area contributed by atoms with Crippen molar-refractivity contribution in [1.29, 1.82) is 0 Å². The SMILES string of the molecule is O=C(NC1CCC(CC2CCC(NC(=O)OCC(F)C(F)(F)S(=O)(=O)O)CC2)CC1)OCC(F)C(F)(F)S(=O)(=O)O. The van der Waals surface area contributed by atoms with E-state index in [0.717, 1.165) is 6.42 Å². The van der Waals surface area contributed by atoms with E-state index in [1.807, 2.05) is 0 Å². The van der Waals surface area contributed by atoms with Crippen molar-refractivity contribution in [2.45, 2.75) is 92.7 Å². The first-order valence-electron chi connectivity index (χ1n) is 12.6. The van der Waals surface area contributed by atoms with Gasteiger partial charge in [-0.15, -0.1) is 0 Å². The lowest BCUT2D eigenvalue weighted by Crippen LogP contribution is -2.44. The highest BCUT2D eigenvalue weighted by atomic mass is 32.2. The minimum Gasteiger partial charge on any atom is -0.446 e. The number of nitrogens with one attached hydrogen (secondary N) is 2. The Bertz CT molecular complexity index is 1030. The lowest BCUT2D eigenvalue weighted by atomic mass is 9.76. The van der Waals surface area contributed by atoms with Gasteiger partial charge in [-0.1, -0.05) is 0 Å². The summed E-state index contributed by atoms with van der Waals surface area (Å²) in [5.74, 6) is 0.608. The normalized spacial score (nSPS) is 26.0. The molecule has 0 saturated heterocycles. The summed E-state index contributed by atoms with van der Waals surface area (Å²) in [6.07, 6.45) is -3.55. The quantitative estimate of drug-likeness (QED) is 0.180. The second-order valence-corrected chi connectivity index (χ2v) is 13.2. The fourth-order valence-corrected chi connectivity index (χ4v) is 5.57. The molecular formula is C21H32F6N2O10S2. The molecule has 41 heavy (non-hydrogen) atoms. The molecule has 0 aliphatic heterocycles. The number of rotatable bonds is 12. The molecule has 2 saturated carbocycles. The van der Waals surface area contributed by atoms with Crippen molar-refractivity contribution in [3.05, 3.63) is 0 Å². The lowest BCUT2D eigenvalue weighted by molar-refractivity contribution is -0.0308. The van der Waals surface area contributed by atoms with Crippen molar-refractivity contribution in [3.63, 3.8) is 0 Å². The summed E-state index contributed by atoms with van der Waals surface area (Å²) in [5.41, 5.74) is 0. The first-order valence-corrected chi connectivity index (χ1v) is 15.5. The average Bonchev–Trinajstić information content (AvgIpc) is 2.86. The van der Waals surface area contributed by atoms with Crippen molar-refractivity contribution < 1.29 is 71.3 Å². The number of carbonyl (C=O) groups excluding carboxylic acids is 2. The summed E-state index contributed by atoms with van der Waals surface area (Å²) in [6, 6.07) is -0.739. The fraction of sp³-hybridized carbons (Fsp3) is 0.905. The van der Waals surface area contributed by atoms with Gasteiger partial charge in [-0.3, -0.25) is 9.11 Å². The zero-order valence-corrected chi connectivity index (χ0v) is 23.1. The number of hydrogen-bond donors (Lipinski definition) is 4. The average molecular weight is 651 g/mol. The highest BCUT2D eigenvalue weighted by Crippen LogP contribution is 2.36. The monoisotopic (exact) mass is 650 g/mol. The van der Waals surface area contributed by atoms with Crippen LogP contribution in [0.3, 0.4) is 0 Å². The van der Waals surface area contributed by atoms with Crippen LogP contribution < -0.4 is 10.6 Å². The highest BCUT2D eigenvalue weighted by Gasteiger charge is 2.54. The van der Waals surface area contributed by atoms with Crippen LogP contribution >= 0.6 is 0 Å². The zero-order chi connectivity index (χ0) is 31.2. The Balaban J connectivity index is 1.64. The minimum atomic E-state index is -6.02. The molecule has 240 valence electrons. The van der Waals surface area contributed by atoms with Gasteiger partial charge in [0.25, 0.3) is 0 Å². The van der Waals surface area contributed by atoms with Crippen LogP contribution in [0.25, 0.3) is 0 Å². The number of halogens is 6. The molecule has 2 rings (SSSR count). The lowest BCUT2D eigenvalue weighted by Gasteiger charge is -2.34. The van der Waals surface area contributed by atoms with Crippen molar-refractivity contribution in [3.8, 4) is 0 Å². The fourth-order valence-electron chi connectivity index (χ4n) is 4.79.